The summed E-state index contributed by atoms with van der Waals surface area (Å²) in [5.41, 5.74) is -4.66. The molecule has 3 nitrogen and oxygen atoms in total. The fraction of sp³-hybridized carbons (Fsp3) is 0.875. The Balaban J connectivity index is 3.02. The fourth-order valence-corrected chi connectivity index (χ4v) is 1.55. The molecule has 0 radical (unpaired) electrons. The summed E-state index contributed by atoms with van der Waals surface area (Å²) < 4.78 is 43.4. The van der Waals surface area contributed by atoms with E-state index in [0.29, 0.717) is 0 Å². The van der Waals surface area contributed by atoms with E-state index in [1.165, 1.54) is 0 Å². The Hall–Kier alpha value is -0.780. The summed E-state index contributed by atoms with van der Waals surface area (Å²) in [6.07, 6.45) is -2.92. The van der Waals surface area contributed by atoms with E-state index < -0.39 is 30.0 Å². The van der Waals surface area contributed by atoms with Crippen LogP contribution in [-0.4, -0.2) is 38.3 Å². The quantitative estimate of drug-likeness (QED) is 0.685. The lowest BCUT2D eigenvalue weighted by Gasteiger charge is -2.32. The zero-order valence-corrected chi connectivity index (χ0v) is 7.94. The fourth-order valence-electron chi connectivity index (χ4n) is 1.55. The summed E-state index contributed by atoms with van der Waals surface area (Å²) in [4.78, 5) is 11.1. The zero-order chi connectivity index (χ0) is 11.0. The summed E-state index contributed by atoms with van der Waals surface area (Å²) in [6, 6.07) is 0. The number of halogens is 3. The molecule has 0 aromatic rings. The van der Waals surface area contributed by atoms with Gasteiger partial charge >= 0.3 is 5.97 Å². The van der Waals surface area contributed by atoms with Gasteiger partial charge in [0.25, 0.3) is 0 Å². The summed E-state index contributed by atoms with van der Waals surface area (Å²) in [5.74, 6) is -1.25. The standard InChI is InChI=1S/C8H12F3NO2/c1-7(5(9)10)3-12-4-8(7,11)6(13)14-2/h5,12H,3-4H2,1-2H3. The first-order chi connectivity index (χ1) is 6.38. The van der Waals surface area contributed by atoms with Crippen molar-refractivity contribution in [3.05, 3.63) is 0 Å². The molecule has 0 spiro atoms. The predicted octanol–water partition coefficient (Wildman–Crippen LogP) is 0.742. The number of hydrogen-bond acceptors (Lipinski definition) is 3. The van der Waals surface area contributed by atoms with Gasteiger partial charge < -0.3 is 10.1 Å². The van der Waals surface area contributed by atoms with Gasteiger partial charge in [0.1, 0.15) is 0 Å². The molecule has 6 heteroatoms. The largest absolute Gasteiger partial charge is 0.467 e. The molecule has 1 heterocycles. The van der Waals surface area contributed by atoms with Crippen molar-refractivity contribution >= 4 is 5.97 Å². The van der Waals surface area contributed by atoms with Crippen molar-refractivity contribution in [2.24, 2.45) is 5.41 Å². The summed E-state index contributed by atoms with van der Waals surface area (Å²) in [7, 11) is 0.980. The van der Waals surface area contributed by atoms with E-state index in [-0.39, 0.29) is 6.54 Å². The maximum atomic E-state index is 14.0. The molecule has 0 aromatic heterocycles. The normalized spacial score (nSPS) is 37.6. The number of carbonyl (C=O) groups is 1. The van der Waals surface area contributed by atoms with Crippen molar-refractivity contribution in [3.63, 3.8) is 0 Å². The maximum absolute atomic E-state index is 14.0. The number of carbonyl (C=O) groups excluding carboxylic acids is 1. The van der Waals surface area contributed by atoms with Crippen molar-refractivity contribution in [2.75, 3.05) is 20.2 Å². The topological polar surface area (TPSA) is 38.3 Å². The highest BCUT2D eigenvalue weighted by atomic mass is 19.3. The lowest BCUT2D eigenvalue weighted by atomic mass is 9.77. The monoisotopic (exact) mass is 211 g/mol. The molecule has 0 aliphatic carbocycles. The van der Waals surface area contributed by atoms with Gasteiger partial charge in [0.05, 0.1) is 12.5 Å². The van der Waals surface area contributed by atoms with Crippen LogP contribution < -0.4 is 5.32 Å². The highest BCUT2D eigenvalue weighted by molar-refractivity contribution is 5.81. The molecule has 1 fully saturated rings. The number of esters is 1. The van der Waals surface area contributed by atoms with Gasteiger partial charge in [-0.3, -0.25) is 0 Å². The Labute approximate surface area is 79.6 Å². The van der Waals surface area contributed by atoms with E-state index in [2.05, 4.69) is 10.1 Å². The second-order valence-corrected chi connectivity index (χ2v) is 3.61. The Morgan fingerprint density at radius 1 is 1.50 bits per heavy atom. The predicted molar refractivity (Wildman–Crippen MR) is 42.8 cm³/mol. The van der Waals surface area contributed by atoms with Crippen LogP contribution in [0.25, 0.3) is 0 Å². The number of rotatable bonds is 2. The van der Waals surface area contributed by atoms with Crippen molar-refractivity contribution in [3.8, 4) is 0 Å². The van der Waals surface area contributed by atoms with Crippen molar-refractivity contribution in [1.82, 2.24) is 5.32 Å². The number of ether oxygens (including phenoxy) is 1. The van der Waals surface area contributed by atoms with E-state index in [1.807, 2.05) is 0 Å². The summed E-state index contributed by atoms with van der Waals surface area (Å²) in [6.45, 7) is 0.366. The van der Waals surface area contributed by atoms with Crippen LogP contribution in [0.5, 0.6) is 0 Å². The van der Waals surface area contributed by atoms with Crippen molar-refractivity contribution in [1.29, 1.82) is 0 Å². The van der Waals surface area contributed by atoms with Gasteiger partial charge in [0.2, 0.25) is 12.1 Å². The molecule has 82 valence electrons. The Kier molecular flexibility index (Phi) is 2.76. The Morgan fingerprint density at radius 3 is 2.50 bits per heavy atom. The first-order valence-electron chi connectivity index (χ1n) is 4.14. The number of alkyl halides is 3. The minimum atomic E-state index is -2.92. The lowest BCUT2D eigenvalue weighted by Crippen LogP contribution is -2.52. The molecule has 1 aliphatic rings. The molecule has 0 amide bonds. The Morgan fingerprint density at radius 2 is 2.07 bits per heavy atom. The summed E-state index contributed by atoms with van der Waals surface area (Å²) in [5, 5.41) is 2.44. The molecule has 1 rings (SSSR count). The van der Waals surface area contributed by atoms with Gasteiger partial charge in [-0.15, -0.1) is 0 Å². The molecule has 0 saturated carbocycles. The summed E-state index contributed by atoms with van der Waals surface area (Å²) >= 11 is 0. The molecule has 2 unspecified atom stereocenters. The molecule has 2 atom stereocenters. The van der Waals surface area contributed by atoms with Crippen LogP contribution in [0.15, 0.2) is 0 Å². The number of nitrogens with one attached hydrogen (secondary N) is 1. The van der Waals surface area contributed by atoms with Gasteiger partial charge in [-0.05, 0) is 6.92 Å². The Bertz CT molecular complexity index is 249. The van der Waals surface area contributed by atoms with Gasteiger partial charge in [-0.25, -0.2) is 18.0 Å². The number of methoxy groups -OCH3 is 1. The second kappa shape index (κ2) is 3.42. The van der Waals surface area contributed by atoms with Crippen LogP contribution in [0.4, 0.5) is 13.2 Å². The lowest BCUT2D eigenvalue weighted by molar-refractivity contribution is -0.169. The molecule has 14 heavy (non-hydrogen) atoms. The molecule has 0 aromatic carbocycles. The van der Waals surface area contributed by atoms with E-state index in [9.17, 15) is 18.0 Å². The molecular weight excluding hydrogens is 199 g/mol. The second-order valence-electron chi connectivity index (χ2n) is 3.61. The number of hydrogen-bond donors (Lipinski definition) is 1. The van der Waals surface area contributed by atoms with E-state index in [1.54, 1.807) is 0 Å². The minimum absolute atomic E-state index is 0.240. The van der Waals surface area contributed by atoms with Gasteiger partial charge in [-0.1, -0.05) is 0 Å². The van der Waals surface area contributed by atoms with Gasteiger partial charge in [0, 0.05) is 13.1 Å². The van der Waals surface area contributed by atoms with Crippen LogP contribution in [0, 0.1) is 5.41 Å². The first-order valence-corrected chi connectivity index (χ1v) is 4.14. The van der Waals surface area contributed by atoms with Crippen molar-refractivity contribution in [2.45, 2.75) is 19.0 Å². The van der Waals surface area contributed by atoms with Crippen LogP contribution in [-0.2, 0) is 9.53 Å². The average molecular weight is 211 g/mol. The smallest absolute Gasteiger partial charge is 0.345 e. The third-order valence-corrected chi connectivity index (χ3v) is 2.76. The molecule has 1 N–H and O–H groups in total. The average Bonchev–Trinajstić information content (AvgIpc) is 2.44. The SMILES string of the molecule is COC(=O)C1(F)CNCC1(C)C(F)F. The molecule has 1 saturated heterocycles. The van der Waals surface area contributed by atoms with Crippen LogP contribution in [0.1, 0.15) is 6.92 Å². The van der Waals surface area contributed by atoms with Crippen LogP contribution in [0.2, 0.25) is 0 Å². The van der Waals surface area contributed by atoms with E-state index in [4.69, 9.17) is 0 Å². The minimum Gasteiger partial charge on any atom is -0.467 e. The van der Waals surface area contributed by atoms with Crippen LogP contribution in [0.3, 0.4) is 0 Å². The van der Waals surface area contributed by atoms with Gasteiger partial charge in [0.15, 0.2) is 0 Å². The molecular formula is C8H12F3NO2. The zero-order valence-electron chi connectivity index (χ0n) is 7.94. The third-order valence-electron chi connectivity index (χ3n) is 2.76. The third kappa shape index (κ3) is 1.28. The van der Waals surface area contributed by atoms with Gasteiger partial charge in [-0.2, -0.15) is 0 Å². The van der Waals surface area contributed by atoms with E-state index in [0.717, 1.165) is 14.0 Å². The van der Waals surface area contributed by atoms with Crippen LogP contribution >= 0.6 is 0 Å². The molecule has 1 aliphatic heterocycles. The van der Waals surface area contributed by atoms with E-state index >= 15 is 0 Å². The maximum Gasteiger partial charge on any atom is 0.345 e. The highest BCUT2D eigenvalue weighted by Crippen LogP contribution is 2.43. The molecule has 0 bridgehead atoms. The highest BCUT2D eigenvalue weighted by Gasteiger charge is 2.63. The van der Waals surface area contributed by atoms with Crippen molar-refractivity contribution < 1.29 is 22.7 Å². The first kappa shape index (κ1) is 11.3.